The van der Waals surface area contributed by atoms with Gasteiger partial charge in [0, 0.05) is 11.6 Å². The first kappa shape index (κ1) is 16.1. The van der Waals surface area contributed by atoms with Gasteiger partial charge < -0.3 is 4.74 Å². The van der Waals surface area contributed by atoms with Crippen LogP contribution in [0, 0.1) is 6.92 Å². The fraction of sp³-hybridized carbons (Fsp3) is 0.250. The maximum Gasteiger partial charge on any atom is 0.132 e. The highest BCUT2D eigenvalue weighted by atomic mass is 19.1. The van der Waals surface area contributed by atoms with Gasteiger partial charge in [-0.25, -0.2) is 10.3 Å². The van der Waals surface area contributed by atoms with Crippen LogP contribution in [0.1, 0.15) is 18.1 Å². The summed E-state index contributed by atoms with van der Waals surface area (Å²) in [6.45, 7) is 11.1. The summed E-state index contributed by atoms with van der Waals surface area (Å²) in [6, 6.07) is 7.87. The van der Waals surface area contributed by atoms with E-state index in [0.29, 0.717) is 6.61 Å². The Morgan fingerprint density at radius 1 is 1.35 bits per heavy atom. The van der Waals surface area contributed by atoms with Crippen molar-refractivity contribution < 1.29 is 14.0 Å². The van der Waals surface area contributed by atoms with Crippen LogP contribution in [0.15, 0.2) is 60.7 Å². The number of hydrogen-bond donors (Lipinski definition) is 1. The van der Waals surface area contributed by atoms with Crippen LogP contribution in [0.25, 0.3) is 0 Å². The van der Waals surface area contributed by atoms with Crippen LogP contribution < -0.4 is 5.90 Å². The first-order chi connectivity index (χ1) is 9.43. The second-order valence-electron chi connectivity index (χ2n) is 4.54. The Labute approximate surface area is 119 Å². The molecule has 0 amide bonds. The van der Waals surface area contributed by atoms with Crippen molar-refractivity contribution in [3.8, 4) is 0 Å². The van der Waals surface area contributed by atoms with E-state index in [0.717, 1.165) is 5.56 Å². The fourth-order valence-corrected chi connectivity index (χ4v) is 1.41. The van der Waals surface area contributed by atoms with Crippen molar-refractivity contribution in [1.29, 1.82) is 0 Å². The molecule has 0 spiro atoms. The van der Waals surface area contributed by atoms with Gasteiger partial charge >= 0.3 is 0 Å². The molecule has 1 atom stereocenters. The third-order valence-corrected chi connectivity index (χ3v) is 2.83. The van der Waals surface area contributed by atoms with Gasteiger partial charge in [-0.15, -0.1) is 0 Å². The number of halogens is 1. The van der Waals surface area contributed by atoms with Crippen molar-refractivity contribution in [1.82, 2.24) is 0 Å². The summed E-state index contributed by atoms with van der Waals surface area (Å²) in [5.74, 6) is 4.64. The molecule has 1 rings (SSSR count). The summed E-state index contributed by atoms with van der Waals surface area (Å²) in [5, 5.41) is 0. The molecular formula is C16H20FNO2. The lowest BCUT2D eigenvalue weighted by molar-refractivity contribution is 0.0912. The lowest BCUT2D eigenvalue weighted by Gasteiger charge is -2.11. The largest absolute Gasteiger partial charge is 0.489 e. The van der Waals surface area contributed by atoms with Crippen LogP contribution in [0.3, 0.4) is 0 Å². The Kier molecular flexibility index (Phi) is 6.15. The van der Waals surface area contributed by atoms with Gasteiger partial charge in [-0.2, -0.15) is 0 Å². The molecule has 0 saturated carbocycles. The van der Waals surface area contributed by atoms with E-state index in [1.165, 1.54) is 11.6 Å². The third kappa shape index (κ3) is 4.99. The van der Waals surface area contributed by atoms with Crippen molar-refractivity contribution in [3.63, 3.8) is 0 Å². The third-order valence-electron chi connectivity index (χ3n) is 2.83. The lowest BCUT2D eigenvalue weighted by Crippen LogP contribution is -2.15. The van der Waals surface area contributed by atoms with Gasteiger partial charge in [0.2, 0.25) is 0 Å². The van der Waals surface area contributed by atoms with Crippen molar-refractivity contribution in [2.24, 2.45) is 5.90 Å². The van der Waals surface area contributed by atoms with E-state index in [1.54, 1.807) is 6.92 Å². The van der Waals surface area contributed by atoms with Crippen molar-refractivity contribution in [2.75, 3.05) is 0 Å². The Bertz CT molecular complexity index is 506. The maximum atomic E-state index is 13.7. The van der Waals surface area contributed by atoms with Crippen molar-refractivity contribution in [2.45, 2.75) is 26.6 Å². The zero-order valence-corrected chi connectivity index (χ0v) is 11.9. The van der Waals surface area contributed by atoms with Gasteiger partial charge in [0.15, 0.2) is 0 Å². The topological polar surface area (TPSA) is 44.5 Å². The molecule has 0 saturated heterocycles. The predicted molar refractivity (Wildman–Crippen MR) is 78.2 cm³/mol. The molecule has 108 valence electrons. The molecule has 2 N–H and O–H groups in total. The number of hydrogen-bond acceptors (Lipinski definition) is 3. The van der Waals surface area contributed by atoms with Crippen LogP contribution in [0.4, 0.5) is 4.39 Å². The maximum absolute atomic E-state index is 13.7. The zero-order chi connectivity index (χ0) is 15.1. The fourth-order valence-electron chi connectivity index (χ4n) is 1.41. The van der Waals surface area contributed by atoms with Gasteiger partial charge in [0.05, 0.1) is 0 Å². The van der Waals surface area contributed by atoms with Gasteiger partial charge in [-0.3, -0.25) is 4.84 Å². The Hall–Kier alpha value is -1.91. The molecule has 0 aliphatic heterocycles. The highest BCUT2D eigenvalue weighted by Gasteiger charge is 2.11. The lowest BCUT2D eigenvalue weighted by atomic mass is 10.1. The van der Waals surface area contributed by atoms with Gasteiger partial charge in [-0.1, -0.05) is 43.0 Å². The van der Waals surface area contributed by atoms with Gasteiger partial charge in [-0.05, 0) is 19.4 Å². The molecule has 0 aliphatic carbocycles. The number of benzene rings is 1. The number of rotatable bonds is 7. The van der Waals surface area contributed by atoms with E-state index in [4.69, 9.17) is 10.6 Å². The highest BCUT2D eigenvalue weighted by Crippen LogP contribution is 2.18. The smallest absolute Gasteiger partial charge is 0.132 e. The first-order valence-corrected chi connectivity index (χ1v) is 6.23. The Morgan fingerprint density at radius 2 is 1.95 bits per heavy atom. The number of ether oxygens (including phenoxy) is 1. The molecule has 0 aliphatic rings. The first-order valence-electron chi connectivity index (χ1n) is 6.23. The average molecular weight is 277 g/mol. The monoisotopic (exact) mass is 277 g/mol. The second kappa shape index (κ2) is 7.62. The number of allylic oxidation sites excluding steroid dienone is 1. The van der Waals surface area contributed by atoms with E-state index in [-0.39, 0.29) is 11.3 Å². The van der Waals surface area contributed by atoms with E-state index in [2.05, 4.69) is 18.0 Å². The van der Waals surface area contributed by atoms with E-state index >= 15 is 0 Å². The number of nitrogens with two attached hydrogens (primary N) is 1. The molecule has 0 fully saturated rings. The minimum Gasteiger partial charge on any atom is -0.489 e. The molecule has 20 heavy (non-hydrogen) atoms. The molecule has 1 aromatic carbocycles. The van der Waals surface area contributed by atoms with E-state index in [1.807, 2.05) is 31.2 Å². The molecule has 0 heterocycles. The average Bonchev–Trinajstić information content (AvgIpc) is 2.44. The summed E-state index contributed by atoms with van der Waals surface area (Å²) in [7, 11) is 0. The molecule has 0 radical (unpaired) electrons. The normalized spacial score (nSPS) is 12.9. The van der Waals surface area contributed by atoms with Crippen LogP contribution in [0.2, 0.25) is 0 Å². The SMILES string of the molecule is C=C(/C=C(/F)C(=C)C(C)ON)OCc1ccc(C)cc1. The molecule has 0 aromatic heterocycles. The second-order valence-corrected chi connectivity index (χ2v) is 4.54. The van der Waals surface area contributed by atoms with Gasteiger partial charge in [0.1, 0.15) is 24.3 Å². The quantitative estimate of drug-likeness (QED) is 0.469. The molecular weight excluding hydrogens is 257 g/mol. The summed E-state index contributed by atoms with van der Waals surface area (Å²) in [5.41, 5.74) is 2.31. The highest BCUT2D eigenvalue weighted by molar-refractivity contribution is 5.30. The zero-order valence-electron chi connectivity index (χ0n) is 11.9. The Morgan fingerprint density at radius 3 is 2.50 bits per heavy atom. The molecule has 0 bridgehead atoms. The van der Waals surface area contributed by atoms with E-state index in [9.17, 15) is 4.39 Å². The van der Waals surface area contributed by atoms with E-state index < -0.39 is 11.9 Å². The molecule has 4 heteroatoms. The Balaban J connectivity index is 2.54. The van der Waals surface area contributed by atoms with Crippen LogP contribution in [-0.4, -0.2) is 6.10 Å². The summed E-state index contributed by atoms with van der Waals surface area (Å²) in [6.07, 6.45) is 0.572. The summed E-state index contributed by atoms with van der Waals surface area (Å²) < 4.78 is 19.1. The minimum absolute atomic E-state index is 0.146. The molecule has 1 aromatic rings. The van der Waals surface area contributed by atoms with Crippen molar-refractivity contribution in [3.05, 3.63) is 71.8 Å². The molecule has 3 nitrogen and oxygen atoms in total. The van der Waals surface area contributed by atoms with Crippen molar-refractivity contribution >= 4 is 0 Å². The predicted octanol–water partition coefficient (Wildman–Crippen LogP) is 3.71. The van der Waals surface area contributed by atoms with Gasteiger partial charge in [0.25, 0.3) is 0 Å². The van der Waals surface area contributed by atoms with Crippen LogP contribution in [0.5, 0.6) is 0 Å². The summed E-state index contributed by atoms with van der Waals surface area (Å²) >= 11 is 0. The standard InChI is InChI=1S/C16H20FNO2/c1-11-5-7-15(8-6-11)10-19-12(2)9-16(17)13(3)14(4)20-18/h5-9,14H,2-3,10,18H2,1,4H3/b16-9+. The minimum atomic E-state index is -0.601. The van der Waals surface area contributed by atoms with Crippen LogP contribution in [-0.2, 0) is 16.2 Å². The number of aryl methyl sites for hydroxylation is 1. The van der Waals surface area contributed by atoms with Crippen LogP contribution >= 0.6 is 0 Å². The summed E-state index contributed by atoms with van der Waals surface area (Å²) in [4.78, 5) is 4.50. The molecule has 1 unspecified atom stereocenters.